The van der Waals surface area contributed by atoms with Crippen molar-refractivity contribution in [2.75, 3.05) is 17.7 Å². The Bertz CT molecular complexity index is 968. The second kappa shape index (κ2) is 9.27. The van der Waals surface area contributed by atoms with Crippen LogP contribution >= 0.6 is 0 Å². The molecule has 0 spiro atoms. The highest BCUT2D eigenvalue weighted by molar-refractivity contribution is 5.88. The van der Waals surface area contributed by atoms with Crippen LogP contribution in [-0.2, 0) is 4.74 Å². The van der Waals surface area contributed by atoms with Crippen molar-refractivity contribution in [1.29, 1.82) is 0 Å². The average Bonchev–Trinajstić information content (AvgIpc) is 2.72. The van der Waals surface area contributed by atoms with Crippen LogP contribution in [0.15, 0.2) is 72.8 Å². The van der Waals surface area contributed by atoms with E-state index in [-0.39, 0.29) is 0 Å². The molecule has 0 aliphatic rings. The van der Waals surface area contributed by atoms with Gasteiger partial charge in [-0.25, -0.2) is 9.59 Å². The number of hydrogen-bond acceptors (Lipinski definition) is 5. The van der Waals surface area contributed by atoms with Crippen molar-refractivity contribution in [2.45, 2.75) is 6.92 Å². The van der Waals surface area contributed by atoms with E-state index in [1.165, 1.54) is 7.11 Å². The number of amides is 2. The monoisotopic (exact) mass is 392 g/mol. The van der Waals surface area contributed by atoms with E-state index in [2.05, 4.69) is 15.4 Å². The van der Waals surface area contributed by atoms with E-state index in [0.29, 0.717) is 22.9 Å². The maximum absolute atomic E-state index is 12.0. The Morgan fingerprint density at radius 1 is 0.655 bits per heavy atom. The topological polar surface area (TPSA) is 85.9 Å². The molecule has 0 heterocycles. The fourth-order valence-corrected chi connectivity index (χ4v) is 2.37. The lowest BCUT2D eigenvalue weighted by molar-refractivity contribution is 0.187. The van der Waals surface area contributed by atoms with Crippen LogP contribution < -0.4 is 20.1 Å². The van der Waals surface area contributed by atoms with Gasteiger partial charge >= 0.3 is 12.2 Å². The summed E-state index contributed by atoms with van der Waals surface area (Å²) < 4.78 is 15.5. The van der Waals surface area contributed by atoms with Gasteiger partial charge < -0.3 is 14.2 Å². The van der Waals surface area contributed by atoms with Crippen LogP contribution in [0.25, 0.3) is 0 Å². The second-order valence-electron chi connectivity index (χ2n) is 6.09. The minimum absolute atomic E-state index is 0.378. The fraction of sp³-hybridized carbons (Fsp3) is 0.0909. The summed E-state index contributed by atoms with van der Waals surface area (Å²) in [5, 5.41) is 5.13. The first-order valence-corrected chi connectivity index (χ1v) is 8.80. The smallest absolute Gasteiger partial charge is 0.417 e. The third kappa shape index (κ3) is 6.00. The number of anilines is 2. The average molecular weight is 392 g/mol. The molecule has 2 N–H and O–H groups in total. The van der Waals surface area contributed by atoms with Crippen molar-refractivity contribution >= 4 is 23.6 Å². The number of aryl methyl sites for hydroxylation is 1. The van der Waals surface area contributed by atoms with Gasteiger partial charge in [0.05, 0.1) is 7.11 Å². The molecule has 148 valence electrons. The summed E-state index contributed by atoms with van der Waals surface area (Å²) in [6, 6.07) is 21.0. The predicted octanol–water partition coefficient (Wildman–Crippen LogP) is 5.58. The molecule has 29 heavy (non-hydrogen) atoms. The minimum Gasteiger partial charge on any atom is -0.457 e. The van der Waals surface area contributed by atoms with Gasteiger partial charge in [-0.05, 0) is 67.6 Å². The Morgan fingerprint density at radius 3 is 1.62 bits per heavy atom. The summed E-state index contributed by atoms with van der Waals surface area (Å²) in [4.78, 5) is 23.2. The molecule has 2 amide bonds. The van der Waals surface area contributed by atoms with Gasteiger partial charge in [0.15, 0.2) is 0 Å². The van der Waals surface area contributed by atoms with E-state index in [4.69, 9.17) is 9.47 Å². The van der Waals surface area contributed by atoms with Crippen LogP contribution in [0.1, 0.15) is 5.56 Å². The summed E-state index contributed by atoms with van der Waals surface area (Å²) in [7, 11) is 1.28. The third-order valence-corrected chi connectivity index (χ3v) is 3.85. The van der Waals surface area contributed by atoms with E-state index in [9.17, 15) is 9.59 Å². The van der Waals surface area contributed by atoms with Crippen molar-refractivity contribution in [3.63, 3.8) is 0 Å². The third-order valence-electron chi connectivity index (χ3n) is 3.85. The number of rotatable bonds is 5. The summed E-state index contributed by atoms with van der Waals surface area (Å²) in [6.45, 7) is 2.01. The minimum atomic E-state index is -0.633. The van der Waals surface area contributed by atoms with Crippen LogP contribution in [0.3, 0.4) is 0 Å². The molecule has 0 saturated heterocycles. The molecule has 0 fully saturated rings. The van der Waals surface area contributed by atoms with Crippen molar-refractivity contribution in [3.8, 4) is 17.2 Å². The van der Waals surface area contributed by atoms with Crippen molar-refractivity contribution in [1.82, 2.24) is 0 Å². The molecule has 0 saturated carbocycles. The largest absolute Gasteiger partial charge is 0.457 e. The quantitative estimate of drug-likeness (QED) is 0.592. The van der Waals surface area contributed by atoms with E-state index in [0.717, 1.165) is 11.3 Å². The van der Waals surface area contributed by atoms with Gasteiger partial charge in [-0.15, -0.1) is 0 Å². The van der Waals surface area contributed by atoms with Gasteiger partial charge in [0.1, 0.15) is 17.2 Å². The lowest BCUT2D eigenvalue weighted by Gasteiger charge is -2.09. The van der Waals surface area contributed by atoms with Gasteiger partial charge in [0.25, 0.3) is 0 Å². The molecule has 3 aromatic carbocycles. The van der Waals surface area contributed by atoms with Gasteiger partial charge in [-0.1, -0.05) is 17.7 Å². The Morgan fingerprint density at radius 2 is 1.10 bits per heavy atom. The summed E-state index contributed by atoms with van der Waals surface area (Å²) >= 11 is 0. The van der Waals surface area contributed by atoms with Crippen LogP contribution in [-0.4, -0.2) is 19.3 Å². The van der Waals surface area contributed by atoms with Crippen LogP contribution in [0.4, 0.5) is 21.0 Å². The number of methoxy groups -OCH3 is 1. The lowest BCUT2D eigenvalue weighted by atomic mass is 10.2. The summed E-state index contributed by atoms with van der Waals surface area (Å²) in [5.74, 6) is 1.74. The lowest BCUT2D eigenvalue weighted by Crippen LogP contribution is -2.16. The van der Waals surface area contributed by atoms with E-state index in [1.54, 1.807) is 48.5 Å². The van der Waals surface area contributed by atoms with Gasteiger partial charge in [-0.2, -0.15) is 0 Å². The zero-order valence-corrected chi connectivity index (χ0v) is 16.0. The van der Waals surface area contributed by atoms with E-state index in [1.807, 2.05) is 31.2 Å². The second-order valence-corrected chi connectivity index (χ2v) is 6.09. The summed E-state index contributed by atoms with van der Waals surface area (Å²) in [6.07, 6.45) is -1.20. The first-order chi connectivity index (χ1) is 14.0. The highest BCUT2D eigenvalue weighted by Gasteiger charge is 2.07. The number of carbonyl (C=O) groups is 2. The molecule has 0 unspecified atom stereocenters. The Labute approximate surface area is 168 Å². The zero-order chi connectivity index (χ0) is 20.6. The van der Waals surface area contributed by atoms with Gasteiger partial charge in [-0.3, -0.25) is 10.6 Å². The molecule has 7 heteroatoms. The maximum atomic E-state index is 12.0. The summed E-state index contributed by atoms with van der Waals surface area (Å²) in [5.41, 5.74) is 2.21. The fourth-order valence-electron chi connectivity index (χ4n) is 2.37. The van der Waals surface area contributed by atoms with E-state index >= 15 is 0 Å². The molecule has 0 radical (unpaired) electrons. The molecule has 0 aromatic heterocycles. The number of hydrogen-bond donors (Lipinski definition) is 2. The molecule has 3 rings (SSSR count). The van der Waals surface area contributed by atoms with Crippen molar-refractivity contribution in [3.05, 3.63) is 78.4 Å². The SMILES string of the molecule is COC(=O)Nc1ccc(NC(=O)Oc2ccc(Oc3ccc(C)cc3)cc2)cc1. The molecule has 0 aliphatic carbocycles. The highest BCUT2D eigenvalue weighted by Crippen LogP contribution is 2.24. The van der Waals surface area contributed by atoms with Gasteiger partial charge in [0, 0.05) is 11.4 Å². The number of benzene rings is 3. The molecule has 0 atom stereocenters. The van der Waals surface area contributed by atoms with Crippen molar-refractivity contribution < 1.29 is 23.8 Å². The molecule has 0 bridgehead atoms. The van der Waals surface area contributed by atoms with Crippen LogP contribution in [0, 0.1) is 6.92 Å². The first-order valence-electron chi connectivity index (χ1n) is 8.80. The maximum Gasteiger partial charge on any atom is 0.417 e. The van der Waals surface area contributed by atoms with Gasteiger partial charge in [0.2, 0.25) is 0 Å². The molecular formula is C22H20N2O5. The molecule has 0 aliphatic heterocycles. The Balaban J connectivity index is 1.52. The zero-order valence-electron chi connectivity index (χ0n) is 16.0. The Hall–Kier alpha value is -4.00. The first kappa shape index (κ1) is 19.8. The normalized spacial score (nSPS) is 10.0. The van der Waals surface area contributed by atoms with Crippen LogP contribution in [0.2, 0.25) is 0 Å². The predicted molar refractivity (Wildman–Crippen MR) is 110 cm³/mol. The number of carbonyl (C=O) groups excluding carboxylic acids is 2. The molecule has 3 aromatic rings. The molecular weight excluding hydrogens is 372 g/mol. The Kier molecular flexibility index (Phi) is 6.32. The van der Waals surface area contributed by atoms with Crippen LogP contribution in [0.5, 0.6) is 17.2 Å². The number of nitrogens with one attached hydrogen (secondary N) is 2. The standard InChI is InChI=1S/C22H20N2O5/c1-15-3-9-18(10-4-15)28-19-11-13-20(14-12-19)29-22(26)24-17-7-5-16(6-8-17)23-21(25)27-2/h3-14H,1-2H3,(H,23,25)(H,24,26). The number of ether oxygens (including phenoxy) is 3. The highest BCUT2D eigenvalue weighted by atomic mass is 16.6. The van der Waals surface area contributed by atoms with E-state index < -0.39 is 12.2 Å². The van der Waals surface area contributed by atoms with Crippen molar-refractivity contribution in [2.24, 2.45) is 0 Å². The molecule has 7 nitrogen and oxygen atoms in total.